The highest BCUT2D eigenvalue weighted by Crippen LogP contribution is 2.42. The number of nitrogens with one attached hydrogen (secondary N) is 1. The first-order valence-electron chi connectivity index (χ1n) is 25.4. The number of thiophene rings is 1. The van der Waals surface area contributed by atoms with Crippen molar-refractivity contribution in [2.75, 3.05) is 66.5 Å². The Hall–Kier alpha value is -6.87. The molecule has 1 amide bonds. The van der Waals surface area contributed by atoms with E-state index in [0.29, 0.717) is 103 Å². The highest BCUT2D eigenvalue weighted by molar-refractivity contribution is 7.15. The van der Waals surface area contributed by atoms with E-state index in [1.165, 1.54) is 9.44 Å². The Balaban J connectivity index is 0.680. The largest absolute Gasteiger partial charge is 0.496 e. The van der Waals surface area contributed by atoms with Crippen molar-refractivity contribution in [1.82, 2.24) is 39.2 Å². The van der Waals surface area contributed by atoms with Crippen LogP contribution in [0.3, 0.4) is 0 Å². The van der Waals surface area contributed by atoms with Gasteiger partial charge in [-0.2, -0.15) is 0 Å². The molecule has 8 aromatic rings. The molecule has 6 aromatic heterocycles. The summed E-state index contributed by atoms with van der Waals surface area (Å²) in [4.78, 5) is 56.8. The molecule has 0 saturated heterocycles. The second kappa shape index (κ2) is 24.4. The van der Waals surface area contributed by atoms with Crippen molar-refractivity contribution in [1.29, 1.82) is 0 Å². The molecule has 1 aliphatic heterocycles. The van der Waals surface area contributed by atoms with Crippen LogP contribution in [-0.4, -0.2) is 118 Å². The van der Waals surface area contributed by atoms with Gasteiger partial charge in [0.05, 0.1) is 99.8 Å². The van der Waals surface area contributed by atoms with Crippen LogP contribution in [0.25, 0.3) is 38.1 Å². The number of carbonyl (C=O) groups is 2. The van der Waals surface area contributed by atoms with Gasteiger partial charge in [-0.05, 0) is 95.5 Å². The van der Waals surface area contributed by atoms with E-state index in [9.17, 15) is 14.4 Å². The van der Waals surface area contributed by atoms with Crippen LogP contribution in [0.15, 0.2) is 87.5 Å². The molecule has 1 aliphatic rings. The highest BCUT2D eigenvalue weighted by Gasteiger charge is 2.33. The minimum Gasteiger partial charge on any atom is -0.496 e. The Kier molecular flexibility index (Phi) is 17.3. The molecule has 0 spiro atoms. The number of rotatable bonds is 25. The molecule has 18 nitrogen and oxygen atoms in total. The number of aromatic nitrogens is 7. The van der Waals surface area contributed by atoms with Gasteiger partial charge in [0.15, 0.2) is 5.82 Å². The topological polar surface area (TPSA) is 201 Å². The Labute approximate surface area is 449 Å². The first-order valence-corrected chi connectivity index (χ1v) is 26.6. The fourth-order valence-corrected chi connectivity index (χ4v) is 11.0. The maximum Gasteiger partial charge on any atom is 0.330 e. The van der Waals surface area contributed by atoms with E-state index < -0.39 is 12.1 Å². The van der Waals surface area contributed by atoms with Gasteiger partial charge in [0.25, 0.3) is 0 Å². The zero-order valence-electron chi connectivity index (χ0n) is 43.8. The van der Waals surface area contributed by atoms with Crippen molar-refractivity contribution < 1.29 is 37.7 Å². The molecule has 0 radical (unpaired) electrons. The number of hydrogen-bond donors (Lipinski definition) is 1. The summed E-state index contributed by atoms with van der Waals surface area (Å²) in [5, 5.41) is 14.1. The predicted molar refractivity (Wildman–Crippen MR) is 292 cm³/mol. The quantitative estimate of drug-likeness (QED) is 0.0532. The number of amides is 1. The van der Waals surface area contributed by atoms with Gasteiger partial charge >= 0.3 is 5.69 Å². The number of hydrogen-bond acceptors (Lipinski definition) is 15. The first kappa shape index (κ1) is 53.9. The first-order chi connectivity index (χ1) is 36.8. The normalized spacial score (nSPS) is 13.7. The summed E-state index contributed by atoms with van der Waals surface area (Å²) < 4.78 is 39.5. The van der Waals surface area contributed by atoms with E-state index >= 15 is 0 Å². The number of ether oxygens (including phenoxy) is 5. The number of pyridine rings is 2. The van der Waals surface area contributed by atoms with Crippen LogP contribution in [0.5, 0.6) is 5.75 Å². The summed E-state index contributed by atoms with van der Waals surface area (Å²) in [6.07, 6.45) is 6.16. The molecule has 7 heterocycles. The number of benzene rings is 2. The molecule has 0 saturated carbocycles. The fourth-order valence-electron chi connectivity index (χ4n) is 9.63. The number of furan rings is 1. The number of halogens is 1. The average molecular weight is 1070 g/mol. The predicted octanol–water partition coefficient (Wildman–Crippen LogP) is 8.98. The molecule has 2 atom stereocenters. The number of aliphatic imine (C=N–C) groups is 1. The van der Waals surface area contributed by atoms with Gasteiger partial charge in [0, 0.05) is 69.7 Å². The van der Waals surface area contributed by atoms with Crippen molar-refractivity contribution >= 4 is 62.3 Å². The van der Waals surface area contributed by atoms with E-state index in [4.69, 9.17) is 49.7 Å². The Morgan fingerprint density at radius 2 is 1.61 bits per heavy atom. The van der Waals surface area contributed by atoms with E-state index in [0.717, 1.165) is 55.7 Å². The molecule has 0 bridgehead atoms. The third-order valence-corrected chi connectivity index (χ3v) is 15.0. The minimum atomic E-state index is -0.499. The standard InChI is InChI=1S/C56H62ClN9O9S/c1-33-32-75-36(4)50(33)43-28-45-42(29-48(43)70-7)53-47(30-60-45)64(56(69)65(53)35(3)44-12-8-9-17-58-44)31-49(68)59-18-20-72-22-24-74-26-25-73-23-21-71-19-10-11-41(67)27-46-54-63-62-38(6)66(54)55-51(34(2)37(5)76-55)52(61-46)39-13-15-40(57)16-14-39/h8-9,12-17,28-30,32,35,46H,10-11,18-27,31H2,1-7H3,(H,59,68). The molecule has 0 aliphatic carbocycles. The van der Waals surface area contributed by atoms with E-state index in [1.807, 2.05) is 82.3 Å². The van der Waals surface area contributed by atoms with E-state index in [1.54, 1.807) is 41.7 Å². The molecule has 398 valence electrons. The molecule has 76 heavy (non-hydrogen) atoms. The van der Waals surface area contributed by atoms with Crippen LogP contribution in [0.2, 0.25) is 5.02 Å². The summed E-state index contributed by atoms with van der Waals surface area (Å²) in [5.74, 6) is 2.48. The third kappa shape index (κ3) is 11.6. The second-order valence-corrected chi connectivity index (χ2v) is 20.3. The summed E-state index contributed by atoms with van der Waals surface area (Å²) >= 11 is 7.93. The molecule has 1 N–H and O–H groups in total. The molecular formula is C56H62ClN9O9S. The number of aryl methyl sites for hydroxylation is 4. The zero-order chi connectivity index (χ0) is 53.5. The van der Waals surface area contributed by atoms with Gasteiger partial charge in [-0.15, -0.1) is 21.5 Å². The van der Waals surface area contributed by atoms with Crippen molar-refractivity contribution in [3.8, 4) is 21.9 Å². The summed E-state index contributed by atoms with van der Waals surface area (Å²) in [6, 6.07) is 16.1. The van der Waals surface area contributed by atoms with Gasteiger partial charge < -0.3 is 33.4 Å². The number of carbonyl (C=O) groups excluding carboxylic acids is 2. The average Bonchev–Trinajstić information content (AvgIpc) is 4.13. The van der Waals surface area contributed by atoms with Crippen molar-refractivity contribution in [2.24, 2.45) is 4.99 Å². The molecule has 0 fully saturated rings. The second-order valence-electron chi connectivity index (χ2n) is 18.6. The van der Waals surface area contributed by atoms with Crippen molar-refractivity contribution in [2.45, 2.75) is 79.4 Å². The Morgan fingerprint density at radius 3 is 2.29 bits per heavy atom. The Bertz CT molecular complexity index is 3430. The van der Waals surface area contributed by atoms with Crippen LogP contribution in [0.1, 0.15) is 88.5 Å². The third-order valence-electron chi connectivity index (χ3n) is 13.6. The van der Waals surface area contributed by atoms with Crippen LogP contribution >= 0.6 is 22.9 Å². The lowest BCUT2D eigenvalue weighted by Crippen LogP contribution is -2.35. The molecule has 9 rings (SSSR count). The van der Waals surface area contributed by atoms with Gasteiger partial charge in [0.2, 0.25) is 5.91 Å². The van der Waals surface area contributed by atoms with Gasteiger partial charge in [-0.3, -0.25) is 38.3 Å². The minimum absolute atomic E-state index is 0.0718. The number of imidazole rings is 1. The lowest BCUT2D eigenvalue weighted by Gasteiger charge is -2.15. The zero-order valence-corrected chi connectivity index (χ0v) is 45.4. The lowest BCUT2D eigenvalue weighted by atomic mass is 9.99. The highest BCUT2D eigenvalue weighted by atomic mass is 35.5. The van der Waals surface area contributed by atoms with Crippen molar-refractivity contribution in [3.05, 3.63) is 139 Å². The molecule has 2 unspecified atom stereocenters. The Morgan fingerprint density at radius 1 is 0.882 bits per heavy atom. The maximum atomic E-state index is 14.3. The lowest BCUT2D eigenvalue weighted by molar-refractivity contribution is -0.122. The van der Waals surface area contributed by atoms with Crippen molar-refractivity contribution in [3.63, 3.8) is 0 Å². The van der Waals surface area contributed by atoms with Crippen LogP contribution in [-0.2, 0) is 35.1 Å². The summed E-state index contributed by atoms with van der Waals surface area (Å²) in [7, 11) is 1.61. The number of nitrogens with zero attached hydrogens (tertiary/aromatic N) is 8. The molecular weight excluding hydrogens is 1010 g/mol. The number of methoxy groups -OCH3 is 1. The van der Waals surface area contributed by atoms with Gasteiger partial charge in [-0.25, -0.2) is 4.79 Å². The monoisotopic (exact) mass is 1070 g/mol. The molecule has 2 aromatic carbocycles. The number of ketones is 1. The van der Waals surface area contributed by atoms with Crippen LogP contribution in [0, 0.1) is 34.6 Å². The van der Waals surface area contributed by atoms with Gasteiger partial charge in [0.1, 0.15) is 40.7 Å². The smallest absolute Gasteiger partial charge is 0.330 e. The number of Topliss-reactive ketones (excluding diaryl/α,β-unsaturated/α-hetero) is 1. The summed E-state index contributed by atoms with van der Waals surface area (Å²) in [5.41, 5.74) is 8.72. The van der Waals surface area contributed by atoms with Gasteiger partial charge in [-0.1, -0.05) is 29.8 Å². The summed E-state index contributed by atoms with van der Waals surface area (Å²) in [6.45, 7) is 14.8. The molecule has 20 heteroatoms. The van der Waals surface area contributed by atoms with Crippen LogP contribution < -0.4 is 15.7 Å². The van der Waals surface area contributed by atoms with E-state index in [2.05, 4.69) is 38.9 Å². The fraction of sp³-hybridized carbons (Fsp3) is 0.393. The van der Waals surface area contributed by atoms with Crippen LogP contribution in [0.4, 0.5) is 0 Å². The number of fused-ring (bicyclic) bond motifs is 6. The van der Waals surface area contributed by atoms with E-state index in [-0.39, 0.29) is 43.5 Å². The maximum absolute atomic E-state index is 14.3. The SMILES string of the molecule is COc1cc2c(cc1-c1c(C)coc1C)ncc1c2n(C(C)c2ccccn2)c(=O)n1CC(=O)NCCOCCOCCOCCOCCCC(=O)CC1N=C(c2ccc(Cl)cc2)c2c(sc(C)c2C)-n2c(C)nnc21.